The first kappa shape index (κ1) is 11.5. The van der Waals surface area contributed by atoms with E-state index in [4.69, 9.17) is 0 Å². The predicted molar refractivity (Wildman–Crippen MR) is 62.1 cm³/mol. The Kier molecular flexibility index (Phi) is 4.09. The van der Waals surface area contributed by atoms with Crippen LogP contribution in [0.25, 0.3) is 0 Å². The summed E-state index contributed by atoms with van der Waals surface area (Å²) in [5.74, 6) is 0.862. The number of carbonyl (C=O) groups excluding carboxylic acids is 1. The summed E-state index contributed by atoms with van der Waals surface area (Å²) >= 11 is 0. The Bertz CT molecular complexity index is 317. The Balaban J connectivity index is 2.75. The van der Waals surface area contributed by atoms with Crippen LogP contribution in [0.5, 0.6) is 0 Å². The zero-order valence-corrected chi connectivity index (χ0v) is 9.45. The molecule has 1 aromatic rings. The van der Waals surface area contributed by atoms with Gasteiger partial charge < -0.3 is 10.2 Å². The molecule has 4 nitrogen and oxygen atoms in total. The fraction of sp³-hybridized carbons (Fsp3) is 0.455. The average Bonchev–Trinajstić information content (AvgIpc) is 2.21. The van der Waals surface area contributed by atoms with Crippen molar-refractivity contribution in [2.24, 2.45) is 0 Å². The molecule has 0 saturated carbocycles. The Morgan fingerprint density at radius 2 is 2.07 bits per heavy atom. The normalized spacial score (nSPS) is 9.80. The molecule has 0 radical (unpaired) electrons. The van der Waals surface area contributed by atoms with Gasteiger partial charge in [0.1, 0.15) is 5.82 Å². The second-order valence-corrected chi connectivity index (χ2v) is 3.26. The summed E-state index contributed by atoms with van der Waals surface area (Å²) in [6.45, 7) is 7.53. The van der Waals surface area contributed by atoms with E-state index in [0.29, 0.717) is 0 Å². The minimum atomic E-state index is -0.0765. The third kappa shape index (κ3) is 3.23. The maximum absolute atomic E-state index is 10.8. The molecule has 0 aromatic carbocycles. The molecule has 0 spiro atoms. The van der Waals surface area contributed by atoms with E-state index in [1.807, 2.05) is 12.1 Å². The van der Waals surface area contributed by atoms with E-state index >= 15 is 0 Å². The van der Waals surface area contributed by atoms with Crippen molar-refractivity contribution in [2.45, 2.75) is 20.8 Å². The van der Waals surface area contributed by atoms with Crippen molar-refractivity contribution in [3.8, 4) is 0 Å². The lowest BCUT2D eigenvalue weighted by molar-refractivity contribution is -0.114. The van der Waals surface area contributed by atoms with Gasteiger partial charge in [0.05, 0.1) is 11.9 Å². The monoisotopic (exact) mass is 207 g/mol. The molecule has 1 N–H and O–H groups in total. The third-order valence-electron chi connectivity index (χ3n) is 2.16. The molecule has 82 valence electrons. The van der Waals surface area contributed by atoms with Crippen LogP contribution >= 0.6 is 0 Å². The molecule has 0 atom stereocenters. The van der Waals surface area contributed by atoms with Crippen molar-refractivity contribution in [3.05, 3.63) is 18.3 Å². The molecule has 0 bridgehead atoms. The number of nitrogens with one attached hydrogen (secondary N) is 1. The van der Waals surface area contributed by atoms with E-state index in [1.165, 1.54) is 6.92 Å². The van der Waals surface area contributed by atoms with Gasteiger partial charge in [-0.2, -0.15) is 0 Å². The van der Waals surface area contributed by atoms with Crippen molar-refractivity contribution in [1.29, 1.82) is 0 Å². The van der Waals surface area contributed by atoms with Crippen LogP contribution in [0.4, 0.5) is 11.5 Å². The second kappa shape index (κ2) is 5.34. The number of pyridine rings is 1. The van der Waals surface area contributed by atoms with Crippen LogP contribution in [0.15, 0.2) is 18.3 Å². The van der Waals surface area contributed by atoms with Gasteiger partial charge in [-0.05, 0) is 26.0 Å². The number of hydrogen-bond donors (Lipinski definition) is 1. The highest BCUT2D eigenvalue weighted by Crippen LogP contribution is 2.13. The largest absolute Gasteiger partial charge is 0.357 e. The average molecular weight is 207 g/mol. The van der Waals surface area contributed by atoms with Crippen molar-refractivity contribution < 1.29 is 4.79 Å². The molecular weight excluding hydrogens is 190 g/mol. The van der Waals surface area contributed by atoms with Gasteiger partial charge in [-0.15, -0.1) is 0 Å². The van der Waals surface area contributed by atoms with Crippen molar-refractivity contribution in [3.63, 3.8) is 0 Å². The van der Waals surface area contributed by atoms with E-state index in [9.17, 15) is 4.79 Å². The fourth-order valence-electron chi connectivity index (χ4n) is 1.40. The zero-order valence-electron chi connectivity index (χ0n) is 9.45. The minimum absolute atomic E-state index is 0.0765. The zero-order chi connectivity index (χ0) is 11.3. The lowest BCUT2D eigenvalue weighted by Gasteiger charge is -2.19. The Morgan fingerprint density at radius 1 is 1.40 bits per heavy atom. The summed E-state index contributed by atoms with van der Waals surface area (Å²) in [5, 5.41) is 2.69. The van der Waals surface area contributed by atoms with Crippen LogP contribution in [0, 0.1) is 0 Å². The molecule has 0 fully saturated rings. The van der Waals surface area contributed by atoms with Crippen LogP contribution in [-0.2, 0) is 4.79 Å². The highest BCUT2D eigenvalue weighted by Gasteiger charge is 2.02. The smallest absolute Gasteiger partial charge is 0.221 e. The van der Waals surface area contributed by atoms with E-state index in [0.717, 1.165) is 24.6 Å². The van der Waals surface area contributed by atoms with E-state index < -0.39 is 0 Å². The fourth-order valence-corrected chi connectivity index (χ4v) is 1.40. The molecule has 0 saturated heterocycles. The van der Waals surface area contributed by atoms with Crippen LogP contribution in [0.2, 0.25) is 0 Å². The summed E-state index contributed by atoms with van der Waals surface area (Å²) in [4.78, 5) is 17.2. The van der Waals surface area contributed by atoms with Gasteiger partial charge in [-0.25, -0.2) is 4.98 Å². The maximum atomic E-state index is 10.8. The number of rotatable bonds is 4. The summed E-state index contributed by atoms with van der Waals surface area (Å²) in [5.41, 5.74) is 0.735. The van der Waals surface area contributed by atoms with Crippen LogP contribution in [0.1, 0.15) is 20.8 Å². The molecule has 4 heteroatoms. The number of nitrogens with zero attached hydrogens (tertiary/aromatic N) is 2. The molecule has 1 rings (SSSR count). The number of amides is 1. The number of aromatic nitrogens is 1. The van der Waals surface area contributed by atoms with Crippen molar-refractivity contribution in [2.75, 3.05) is 23.3 Å². The Morgan fingerprint density at radius 3 is 2.47 bits per heavy atom. The van der Waals surface area contributed by atoms with E-state index in [-0.39, 0.29) is 5.91 Å². The molecule has 15 heavy (non-hydrogen) atoms. The molecule has 1 heterocycles. The first-order valence-electron chi connectivity index (χ1n) is 5.16. The quantitative estimate of drug-likeness (QED) is 0.820. The molecular formula is C11H17N3O. The molecule has 1 aromatic heterocycles. The summed E-state index contributed by atoms with van der Waals surface area (Å²) in [6, 6.07) is 3.78. The van der Waals surface area contributed by atoms with Gasteiger partial charge in [0.2, 0.25) is 5.91 Å². The Hall–Kier alpha value is -1.58. The predicted octanol–water partition coefficient (Wildman–Crippen LogP) is 1.89. The number of carbonyl (C=O) groups is 1. The molecule has 0 aliphatic rings. The topological polar surface area (TPSA) is 45.2 Å². The third-order valence-corrected chi connectivity index (χ3v) is 2.16. The summed E-state index contributed by atoms with van der Waals surface area (Å²) in [7, 11) is 0. The lowest BCUT2D eigenvalue weighted by Crippen LogP contribution is -2.22. The SMILES string of the molecule is CCN(CC)c1ccc(NC(C)=O)cn1. The second-order valence-electron chi connectivity index (χ2n) is 3.26. The van der Waals surface area contributed by atoms with Crippen molar-refractivity contribution >= 4 is 17.4 Å². The number of anilines is 2. The van der Waals surface area contributed by atoms with Gasteiger partial charge in [-0.1, -0.05) is 0 Å². The molecule has 0 aliphatic heterocycles. The molecule has 0 aliphatic carbocycles. The van der Waals surface area contributed by atoms with E-state index in [2.05, 4.69) is 29.0 Å². The summed E-state index contributed by atoms with van der Waals surface area (Å²) in [6.07, 6.45) is 1.68. The maximum Gasteiger partial charge on any atom is 0.221 e. The molecule has 0 unspecified atom stereocenters. The van der Waals surface area contributed by atoms with Crippen molar-refractivity contribution in [1.82, 2.24) is 4.98 Å². The first-order valence-corrected chi connectivity index (χ1v) is 5.16. The van der Waals surface area contributed by atoms with Gasteiger partial charge in [0.15, 0.2) is 0 Å². The first-order chi connectivity index (χ1) is 7.17. The minimum Gasteiger partial charge on any atom is -0.357 e. The van der Waals surface area contributed by atoms with Crippen LogP contribution in [-0.4, -0.2) is 24.0 Å². The highest BCUT2D eigenvalue weighted by atomic mass is 16.1. The highest BCUT2D eigenvalue weighted by molar-refractivity contribution is 5.88. The summed E-state index contributed by atoms with van der Waals surface area (Å²) < 4.78 is 0. The Labute approximate surface area is 90.3 Å². The number of hydrogen-bond acceptors (Lipinski definition) is 3. The van der Waals surface area contributed by atoms with Gasteiger partial charge in [0.25, 0.3) is 0 Å². The van der Waals surface area contributed by atoms with Gasteiger partial charge in [-0.3, -0.25) is 4.79 Å². The van der Waals surface area contributed by atoms with Crippen LogP contribution < -0.4 is 10.2 Å². The van der Waals surface area contributed by atoms with Gasteiger partial charge in [0, 0.05) is 20.0 Å². The van der Waals surface area contributed by atoms with Gasteiger partial charge >= 0.3 is 0 Å². The van der Waals surface area contributed by atoms with E-state index in [1.54, 1.807) is 6.20 Å². The van der Waals surface area contributed by atoms with Crippen LogP contribution in [0.3, 0.4) is 0 Å². The molecule has 1 amide bonds. The standard InChI is InChI=1S/C11H17N3O/c1-4-14(5-2)11-7-6-10(8-12-11)13-9(3)15/h6-8H,4-5H2,1-3H3,(H,13,15). The lowest BCUT2D eigenvalue weighted by atomic mass is 10.3.